The maximum atomic E-state index is 10.7. The van der Waals surface area contributed by atoms with Gasteiger partial charge < -0.3 is 20.3 Å². The number of carbonyl (C=O) groups is 1. The number of likely N-dealkylation sites (N-methyl/N-ethyl adjacent to an activating group) is 1. The van der Waals surface area contributed by atoms with Gasteiger partial charge in [0.25, 0.3) is 0 Å². The predicted octanol–water partition coefficient (Wildman–Crippen LogP) is -3.55. The average Bonchev–Trinajstić information content (AvgIpc) is 2.29. The summed E-state index contributed by atoms with van der Waals surface area (Å²) in [4.78, 5) is 10.7. The third-order valence-corrected chi connectivity index (χ3v) is 2.53. The van der Waals surface area contributed by atoms with Crippen molar-refractivity contribution in [2.45, 2.75) is 25.5 Å². The number of aliphatic hydroxyl groups is 1. The number of aliphatic carboxylic acids is 1. The quantitative estimate of drug-likeness (QED) is 0.495. The standard InChI is InChI=1S/C12H17NO3.Li/c1-13-11(12(15)16)6-5-9-3-2-4-10(7-9)8-14;/h2-4,7,11,13-14H,5-6,8H2,1H3,(H,15,16);/q;+1/p-1/t11-;/m1./s1. The van der Waals surface area contributed by atoms with Crippen LogP contribution in [0.15, 0.2) is 24.3 Å². The number of benzene rings is 1. The van der Waals surface area contributed by atoms with Crippen LogP contribution < -0.4 is 29.3 Å². The molecule has 1 rings (SSSR count). The molecule has 1 aromatic carbocycles. The van der Waals surface area contributed by atoms with Crippen LogP contribution in [-0.4, -0.2) is 24.2 Å². The van der Waals surface area contributed by atoms with E-state index < -0.39 is 12.0 Å². The van der Waals surface area contributed by atoms with Gasteiger partial charge in [-0.1, -0.05) is 24.3 Å². The largest absolute Gasteiger partial charge is 1.00 e. The molecule has 0 radical (unpaired) electrons. The molecule has 0 aromatic heterocycles. The molecule has 0 amide bonds. The normalized spacial score (nSPS) is 11.6. The van der Waals surface area contributed by atoms with Gasteiger partial charge in [-0.2, -0.15) is 0 Å². The van der Waals surface area contributed by atoms with Crippen LogP contribution in [0.3, 0.4) is 0 Å². The molecule has 0 fully saturated rings. The summed E-state index contributed by atoms with van der Waals surface area (Å²) < 4.78 is 0. The molecule has 17 heavy (non-hydrogen) atoms. The summed E-state index contributed by atoms with van der Waals surface area (Å²) in [7, 11) is 1.60. The molecule has 0 spiro atoms. The van der Waals surface area contributed by atoms with E-state index in [1.165, 1.54) is 0 Å². The van der Waals surface area contributed by atoms with E-state index in [0.29, 0.717) is 12.8 Å². The molecule has 5 heteroatoms. The first-order valence-electron chi connectivity index (χ1n) is 5.24. The van der Waals surface area contributed by atoms with Gasteiger partial charge in [0, 0.05) is 6.04 Å². The van der Waals surface area contributed by atoms with Crippen molar-refractivity contribution in [3.63, 3.8) is 0 Å². The number of carbonyl (C=O) groups excluding carboxylic acids is 1. The number of hydrogen-bond donors (Lipinski definition) is 2. The van der Waals surface area contributed by atoms with Crippen LogP contribution in [0, 0.1) is 0 Å². The van der Waals surface area contributed by atoms with Gasteiger partial charge in [-0.05, 0) is 31.0 Å². The SMILES string of the molecule is CN[C@H](CCc1cccc(CO)c1)C(=O)[O-].[Li+]. The van der Waals surface area contributed by atoms with Crippen LogP contribution in [0.25, 0.3) is 0 Å². The average molecular weight is 229 g/mol. The van der Waals surface area contributed by atoms with Crippen LogP contribution >= 0.6 is 0 Å². The number of carboxylic acids is 1. The van der Waals surface area contributed by atoms with Gasteiger partial charge in [0.15, 0.2) is 0 Å². The van der Waals surface area contributed by atoms with E-state index >= 15 is 0 Å². The van der Waals surface area contributed by atoms with E-state index in [1.807, 2.05) is 24.3 Å². The molecule has 2 N–H and O–H groups in total. The predicted molar refractivity (Wildman–Crippen MR) is 58.5 cm³/mol. The summed E-state index contributed by atoms with van der Waals surface area (Å²) in [5.74, 6) is -1.08. The Bertz CT molecular complexity index is 357. The molecule has 1 aromatic rings. The molecule has 0 saturated carbocycles. The second kappa shape index (κ2) is 8.32. The Hall–Kier alpha value is -0.793. The fourth-order valence-electron chi connectivity index (χ4n) is 1.57. The maximum Gasteiger partial charge on any atom is 1.00 e. The molecule has 88 valence electrons. The van der Waals surface area contributed by atoms with Gasteiger partial charge in [0.1, 0.15) is 0 Å². The molecular formula is C12H16LiNO3. The van der Waals surface area contributed by atoms with Crippen LogP contribution in [0.5, 0.6) is 0 Å². The van der Waals surface area contributed by atoms with Crippen molar-refractivity contribution >= 4 is 5.97 Å². The third kappa shape index (κ3) is 5.38. The molecular weight excluding hydrogens is 213 g/mol. The molecule has 1 atom stereocenters. The summed E-state index contributed by atoms with van der Waals surface area (Å²) >= 11 is 0. The smallest absolute Gasteiger partial charge is 0.548 e. The van der Waals surface area contributed by atoms with Gasteiger partial charge in [-0.3, -0.25) is 0 Å². The molecule has 0 aliphatic carbocycles. The fraction of sp³-hybridized carbons (Fsp3) is 0.417. The minimum absolute atomic E-state index is 0. The Morgan fingerprint density at radius 2 is 2.12 bits per heavy atom. The third-order valence-electron chi connectivity index (χ3n) is 2.53. The van der Waals surface area contributed by atoms with Gasteiger partial charge in [-0.25, -0.2) is 0 Å². The van der Waals surface area contributed by atoms with E-state index in [-0.39, 0.29) is 25.5 Å². The summed E-state index contributed by atoms with van der Waals surface area (Å²) in [5, 5.41) is 22.3. The topological polar surface area (TPSA) is 72.4 Å². The summed E-state index contributed by atoms with van der Waals surface area (Å²) in [6, 6.07) is 6.85. The van der Waals surface area contributed by atoms with Crippen LogP contribution in [0.2, 0.25) is 0 Å². The first-order valence-corrected chi connectivity index (χ1v) is 5.24. The van der Waals surface area contributed by atoms with Crippen molar-refractivity contribution in [1.82, 2.24) is 5.32 Å². The molecule has 4 nitrogen and oxygen atoms in total. The number of aryl methyl sites for hydroxylation is 1. The Morgan fingerprint density at radius 1 is 1.47 bits per heavy atom. The zero-order valence-electron chi connectivity index (χ0n) is 10.3. The molecule has 0 bridgehead atoms. The van der Waals surface area contributed by atoms with Crippen molar-refractivity contribution in [3.8, 4) is 0 Å². The minimum Gasteiger partial charge on any atom is -0.548 e. The van der Waals surface area contributed by atoms with Gasteiger partial charge >= 0.3 is 18.9 Å². The molecule has 0 aliphatic rings. The van der Waals surface area contributed by atoms with Crippen LogP contribution in [0.4, 0.5) is 0 Å². The van der Waals surface area contributed by atoms with E-state index in [1.54, 1.807) is 7.05 Å². The zero-order valence-corrected chi connectivity index (χ0v) is 10.3. The van der Waals surface area contributed by atoms with Crippen molar-refractivity contribution < 1.29 is 33.9 Å². The zero-order chi connectivity index (χ0) is 12.0. The number of carboxylic acid groups (broad SMARTS) is 1. The fourth-order valence-corrected chi connectivity index (χ4v) is 1.57. The molecule has 0 saturated heterocycles. The van der Waals surface area contributed by atoms with E-state index in [9.17, 15) is 9.90 Å². The van der Waals surface area contributed by atoms with Gasteiger partial charge in [0.2, 0.25) is 0 Å². The summed E-state index contributed by atoms with van der Waals surface area (Å²) in [6.07, 6.45) is 1.13. The number of rotatable bonds is 6. The Morgan fingerprint density at radius 3 is 2.65 bits per heavy atom. The van der Waals surface area contributed by atoms with E-state index in [2.05, 4.69) is 5.32 Å². The first-order chi connectivity index (χ1) is 7.67. The molecule has 0 heterocycles. The van der Waals surface area contributed by atoms with Crippen LogP contribution in [-0.2, 0) is 17.8 Å². The maximum absolute atomic E-state index is 10.7. The number of nitrogens with one attached hydrogen (secondary N) is 1. The second-order valence-electron chi connectivity index (χ2n) is 3.68. The van der Waals surface area contributed by atoms with Gasteiger partial charge in [0.05, 0.1) is 12.6 Å². The Kier molecular flexibility index (Phi) is 7.93. The number of aliphatic hydroxyl groups excluding tert-OH is 1. The van der Waals surface area contributed by atoms with E-state index in [4.69, 9.17) is 5.11 Å². The van der Waals surface area contributed by atoms with Crippen LogP contribution in [0.1, 0.15) is 17.5 Å². The van der Waals surface area contributed by atoms with E-state index in [0.717, 1.165) is 11.1 Å². The molecule has 0 unspecified atom stereocenters. The second-order valence-corrected chi connectivity index (χ2v) is 3.68. The summed E-state index contributed by atoms with van der Waals surface area (Å²) in [5.41, 5.74) is 1.86. The van der Waals surface area contributed by atoms with Crippen molar-refractivity contribution in [3.05, 3.63) is 35.4 Å². The van der Waals surface area contributed by atoms with Crippen molar-refractivity contribution in [2.75, 3.05) is 7.05 Å². The Balaban J connectivity index is 0.00000256. The monoisotopic (exact) mass is 229 g/mol. The van der Waals surface area contributed by atoms with Gasteiger partial charge in [-0.15, -0.1) is 0 Å². The molecule has 0 aliphatic heterocycles. The van der Waals surface area contributed by atoms with Crippen molar-refractivity contribution in [1.29, 1.82) is 0 Å². The minimum atomic E-state index is -1.08. The number of hydrogen-bond acceptors (Lipinski definition) is 4. The summed E-state index contributed by atoms with van der Waals surface area (Å²) in [6.45, 7) is 0.00375. The van der Waals surface area contributed by atoms with Crippen molar-refractivity contribution in [2.24, 2.45) is 0 Å². The first kappa shape index (κ1) is 16.2. The Labute approximate surface area is 113 Å².